The highest BCUT2D eigenvalue weighted by Gasteiger charge is 2.57. The highest BCUT2D eigenvalue weighted by molar-refractivity contribution is 5.95. The van der Waals surface area contributed by atoms with E-state index in [4.69, 9.17) is 14.2 Å². The Bertz CT molecular complexity index is 985. The van der Waals surface area contributed by atoms with Gasteiger partial charge in [0.2, 0.25) is 5.91 Å². The van der Waals surface area contributed by atoms with E-state index in [9.17, 15) is 9.59 Å². The van der Waals surface area contributed by atoms with Gasteiger partial charge >= 0.3 is 5.97 Å². The molecule has 156 valence electrons. The van der Waals surface area contributed by atoms with Crippen LogP contribution in [0.1, 0.15) is 40.7 Å². The normalized spacial score (nSPS) is 23.4. The minimum atomic E-state index is -0.736. The van der Waals surface area contributed by atoms with Crippen LogP contribution in [0.2, 0.25) is 0 Å². The number of esters is 1. The summed E-state index contributed by atoms with van der Waals surface area (Å²) in [5.41, 5.74) is 1.17. The Morgan fingerprint density at radius 3 is 2.70 bits per heavy atom. The summed E-state index contributed by atoms with van der Waals surface area (Å²) in [4.78, 5) is 31.7. The number of methoxy groups -OCH3 is 1. The molecule has 3 heterocycles. The third-order valence-corrected chi connectivity index (χ3v) is 6.46. The molecule has 5 rings (SSSR count). The number of hydrogen-bond donors (Lipinski definition) is 0. The summed E-state index contributed by atoms with van der Waals surface area (Å²) >= 11 is 0. The van der Waals surface area contributed by atoms with Gasteiger partial charge in [0, 0.05) is 38.0 Å². The summed E-state index contributed by atoms with van der Waals surface area (Å²) in [5.74, 6) is 0.533. The van der Waals surface area contributed by atoms with Crippen LogP contribution in [0.4, 0.5) is 0 Å². The largest absolute Gasteiger partial charge is 0.491 e. The number of amides is 1. The highest BCUT2D eigenvalue weighted by atomic mass is 16.6. The molecule has 7 nitrogen and oxygen atoms in total. The van der Waals surface area contributed by atoms with Crippen LogP contribution in [0.3, 0.4) is 0 Å². The molecule has 1 aromatic heterocycles. The minimum Gasteiger partial charge on any atom is -0.491 e. The summed E-state index contributed by atoms with van der Waals surface area (Å²) in [6, 6.07) is 9.62. The second kappa shape index (κ2) is 7.09. The molecule has 1 aliphatic carbocycles. The standard InChI is InChI=1S/C23H24N2O5/c1-28-12-13-29-17-4-2-16(3-5-17)22(7-8-22)21(27)25-11-9-23(15-25)19-6-10-24-14-18(19)20(26)30-23/h2-6,10,14H,7-9,11-13,15H2,1H3. The van der Waals surface area contributed by atoms with E-state index in [0.717, 1.165) is 29.7 Å². The summed E-state index contributed by atoms with van der Waals surface area (Å²) in [6.45, 7) is 2.00. The summed E-state index contributed by atoms with van der Waals surface area (Å²) in [5, 5.41) is 0. The van der Waals surface area contributed by atoms with E-state index in [2.05, 4.69) is 4.98 Å². The quantitative estimate of drug-likeness (QED) is 0.540. The topological polar surface area (TPSA) is 78.0 Å². The number of benzene rings is 1. The van der Waals surface area contributed by atoms with E-state index in [1.807, 2.05) is 35.2 Å². The molecule has 1 saturated heterocycles. The second-order valence-electron chi connectivity index (χ2n) is 8.23. The molecule has 7 heteroatoms. The zero-order valence-corrected chi connectivity index (χ0v) is 16.9. The molecule has 1 atom stereocenters. The summed E-state index contributed by atoms with van der Waals surface area (Å²) in [6.07, 6.45) is 5.50. The van der Waals surface area contributed by atoms with Gasteiger partial charge in [0.25, 0.3) is 0 Å². The van der Waals surface area contributed by atoms with Gasteiger partial charge < -0.3 is 19.1 Å². The third-order valence-electron chi connectivity index (χ3n) is 6.46. The van der Waals surface area contributed by atoms with Crippen molar-refractivity contribution in [3.05, 3.63) is 59.4 Å². The average molecular weight is 408 g/mol. The lowest BCUT2D eigenvalue weighted by atomic mass is 9.92. The van der Waals surface area contributed by atoms with Gasteiger partial charge in [-0.3, -0.25) is 9.78 Å². The predicted octanol–water partition coefficient (Wildman–Crippen LogP) is 2.44. The number of carbonyl (C=O) groups is 2. The molecule has 1 amide bonds. The van der Waals surface area contributed by atoms with E-state index in [1.165, 1.54) is 0 Å². The van der Waals surface area contributed by atoms with E-state index in [1.54, 1.807) is 19.5 Å². The number of nitrogens with zero attached hydrogens (tertiary/aromatic N) is 2. The molecule has 1 saturated carbocycles. The Morgan fingerprint density at radius 2 is 1.97 bits per heavy atom. The van der Waals surface area contributed by atoms with Gasteiger partial charge in [-0.2, -0.15) is 0 Å². The molecule has 30 heavy (non-hydrogen) atoms. The molecule has 2 aliphatic heterocycles. The van der Waals surface area contributed by atoms with Crippen molar-refractivity contribution in [3.63, 3.8) is 0 Å². The van der Waals surface area contributed by atoms with Crippen LogP contribution >= 0.6 is 0 Å². The highest BCUT2D eigenvalue weighted by Crippen LogP contribution is 2.52. The first kappa shape index (κ1) is 19.1. The van der Waals surface area contributed by atoms with Crippen LogP contribution in [0.15, 0.2) is 42.7 Å². The number of rotatable bonds is 6. The van der Waals surface area contributed by atoms with Crippen LogP contribution in [0.5, 0.6) is 5.75 Å². The van der Waals surface area contributed by atoms with Crippen molar-refractivity contribution in [3.8, 4) is 5.75 Å². The molecule has 0 N–H and O–H groups in total. The van der Waals surface area contributed by atoms with Crippen molar-refractivity contribution < 1.29 is 23.8 Å². The van der Waals surface area contributed by atoms with Crippen molar-refractivity contribution in [1.82, 2.24) is 9.88 Å². The number of likely N-dealkylation sites (tertiary alicyclic amines) is 1. The molecule has 2 fully saturated rings. The van der Waals surface area contributed by atoms with Crippen molar-refractivity contribution in [2.45, 2.75) is 30.3 Å². The predicted molar refractivity (Wildman–Crippen MR) is 107 cm³/mol. The monoisotopic (exact) mass is 408 g/mol. The number of fused-ring (bicyclic) bond motifs is 2. The summed E-state index contributed by atoms with van der Waals surface area (Å²) in [7, 11) is 1.64. The Kier molecular flexibility index (Phi) is 4.50. The van der Waals surface area contributed by atoms with E-state index >= 15 is 0 Å². The number of aromatic nitrogens is 1. The average Bonchev–Trinajstić information content (AvgIpc) is 3.40. The maximum Gasteiger partial charge on any atom is 0.341 e. The Balaban J connectivity index is 1.32. The van der Waals surface area contributed by atoms with Gasteiger partial charge in [-0.15, -0.1) is 0 Å². The van der Waals surface area contributed by atoms with Crippen molar-refractivity contribution in [1.29, 1.82) is 0 Å². The lowest BCUT2D eigenvalue weighted by Gasteiger charge is -2.27. The molecule has 1 spiro atoms. The van der Waals surface area contributed by atoms with Crippen LogP contribution in [0, 0.1) is 0 Å². The molecular formula is C23H24N2O5. The number of pyridine rings is 1. The van der Waals surface area contributed by atoms with Crippen molar-refractivity contribution in [2.75, 3.05) is 33.4 Å². The molecule has 1 unspecified atom stereocenters. The fourth-order valence-electron chi connectivity index (χ4n) is 4.67. The van der Waals surface area contributed by atoms with E-state index < -0.39 is 11.0 Å². The molecular weight excluding hydrogens is 384 g/mol. The Hall–Kier alpha value is -2.93. The minimum absolute atomic E-state index is 0.117. The van der Waals surface area contributed by atoms with Crippen molar-refractivity contribution >= 4 is 11.9 Å². The first-order valence-corrected chi connectivity index (χ1v) is 10.3. The van der Waals surface area contributed by atoms with Crippen LogP contribution in [0.25, 0.3) is 0 Å². The van der Waals surface area contributed by atoms with Crippen LogP contribution in [-0.4, -0.2) is 55.2 Å². The molecule has 3 aliphatic rings. The van der Waals surface area contributed by atoms with Crippen molar-refractivity contribution in [2.24, 2.45) is 0 Å². The lowest BCUT2D eigenvalue weighted by molar-refractivity contribution is -0.134. The van der Waals surface area contributed by atoms with Crippen LogP contribution < -0.4 is 4.74 Å². The lowest BCUT2D eigenvalue weighted by Crippen LogP contribution is -2.40. The van der Waals surface area contributed by atoms with Gasteiger partial charge in [0.15, 0.2) is 5.60 Å². The molecule has 0 bridgehead atoms. The number of ether oxygens (including phenoxy) is 3. The third kappa shape index (κ3) is 2.96. The van der Waals surface area contributed by atoms with E-state index in [0.29, 0.717) is 38.3 Å². The smallest absolute Gasteiger partial charge is 0.341 e. The van der Waals surface area contributed by atoms with Gasteiger partial charge in [-0.05, 0) is 36.6 Å². The van der Waals surface area contributed by atoms with Gasteiger partial charge in [-0.1, -0.05) is 12.1 Å². The zero-order chi connectivity index (χ0) is 20.8. The second-order valence-corrected chi connectivity index (χ2v) is 8.23. The SMILES string of the molecule is COCCOc1ccc(C2(C(=O)N3CCC4(C3)OC(=O)c3cnccc34)CC2)cc1. The zero-order valence-electron chi connectivity index (χ0n) is 16.9. The van der Waals surface area contributed by atoms with Gasteiger partial charge in [0.05, 0.1) is 24.1 Å². The fraction of sp³-hybridized carbons (Fsp3) is 0.435. The number of carbonyl (C=O) groups excluding carboxylic acids is 2. The number of hydrogen-bond acceptors (Lipinski definition) is 6. The van der Waals surface area contributed by atoms with Crippen LogP contribution in [-0.2, 0) is 25.3 Å². The maximum absolute atomic E-state index is 13.5. The Labute approximate surface area is 174 Å². The first-order chi connectivity index (χ1) is 14.6. The molecule has 0 radical (unpaired) electrons. The molecule has 2 aromatic rings. The van der Waals surface area contributed by atoms with Gasteiger partial charge in [-0.25, -0.2) is 4.79 Å². The van der Waals surface area contributed by atoms with E-state index in [-0.39, 0.29) is 11.9 Å². The Morgan fingerprint density at radius 1 is 1.17 bits per heavy atom. The summed E-state index contributed by atoms with van der Waals surface area (Å²) < 4.78 is 16.4. The first-order valence-electron chi connectivity index (χ1n) is 10.3. The fourth-order valence-corrected chi connectivity index (χ4v) is 4.67. The van der Waals surface area contributed by atoms with Gasteiger partial charge in [0.1, 0.15) is 12.4 Å². The molecule has 1 aromatic carbocycles. The maximum atomic E-state index is 13.5.